The summed E-state index contributed by atoms with van der Waals surface area (Å²) in [6, 6.07) is 8.08. The Kier molecular flexibility index (Phi) is 5.81. The van der Waals surface area contributed by atoms with Gasteiger partial charge in [0.2, 0.25) is 0 Å². The maximum atomic E-state index is 13.2. The van der Waals surface area contributed by atoms with Crippen LogP contribution in [-0.4, -0.2) is 48.2 Å². The van der Waals surface area contributed by atoms with E-state index in [4.69, 9.17) is 15.1 Å². The van der Waals surface area contributed by atoms with E-state index in [2.05, 4.69) is 30.9 Å². The molecule has 1 saturated carbocycles. The second-order valence-electron chi connectivity index (χ2n) is 8.98. The molecule has 2 aromatic rings. The Morgan fingerprint density at radius 1 is 1.29 bits per heavy atom. The Balaban J connectivity index is 0.00000231. The Morgan fingerprint density at radius 2 is 2.06 bits per heavy atom. The Morgan fingerprint density at radius 3 is 2.77 bits per heavy atom. The number of halogens is 1. The molecule has 0 saturated heterocycles. The largest absolute Gasteiger partial charge is 0.489 e. The minimum absolute atomic E-state index is 0. The van der Waals surface area contributed by atoms with Crippen LogP contribution in [0.1, 0.15) is 71.4 Å². The summed E-state index contributed by atoms with van der Waals surface area (Å²) < 4.78 is 5.94. The van der Waals surface area contributed by atoms with Gasteiger partial charge in [0, 0.05) is 36.3 Å². The number of ketones is 1. The molecule has 7 heteroatoms. The van der Waals surface area contributed by atoms with E-state index >= 15 is 0 Å². The van der Waals surface area contributed by atoms with Crippen molar-refractivity contribution in [3.63, 3.8) is 0 Å². The van der Waals surface area contributed by atoms with Gasteiger partial charge in [0.1, 0.15) is 23.9 Å². The minimum Gasteiger partial charge on any atom is -0.489 e. The minimum atomic E-state index is 0. The maximum Gasteiger partial charge on any atom is 0.182 e. The second-order valence-corrected chi connectivity index (χ2v) is 8.98. The zero-order chi connectivity index (χ0) is 21.0. The van der Waals surface area contributed by atoms with Gasteiger partial charge in [-0.3, -0.25) is 10.2 Å². The molecule has 1 fully saturated rings. The van der Waals surface area contributed by atoms with Crippen LogP contribution in [0, 0.1) is 5.41 Å². The lowest BCUT2D eigenvalue weighted by atomic mass is 9.95. The van der Waals surface area contributed by atoms with Gasteiger partial charge in [0.05, 0.1) is 18.8 Å². The second kappa shape index (κ2) is 8.26. The molecular formula is C24H29BrN4O2. The van der Waals surface area contributed by atoms with Gasteiger partial charge in [-0.1, -0.05) is 19.9 Å². The van der Waals surface area contributed by atoms with Gasteiger partial charge in [-0.2, -0.15) is 0 Å². The lowest BCUT2D eigenvalue weighted by Crippen LogP contribution is -2.32. The van der Waals surface area contributed by atoms with Gasteiger partial charge in [-0.25, -0.2) is 4.98 Å². The molecule has 0 radical (unpaired) electrons. The zero-order valence-electron chi connectivity index (χ0n) is 18.3. The third-order valence-corrected chi connectivity index (χ3v) is 6.36. The number of nitrogens with zero attached hydrogens (tertiary/aromatic N) is 3. The van der Waals surface area contributed by atoms with Crippen molar-refractivity contribution in [2.75, 3.05) is 31.6 Å². The quantitative estimate of drug-likeness (QED) is 0.632. The molecular weight excluding hydrogens is 456 g/mol. The molecule has 0 amide bonds. The fraction of sp³-hybridized carbons (Fsp3) is 0.458. The summed E-state index contributed by atoms with van der Waals surface area (Å²) in [6.45, 7) is 6.48. The smallest absolute Gasteiger partial charge is 0.182 e. The third-order valence-electron chi connectivity index (χ3n) is 6.36. The maximum absolute atomic E-state index is 13.2. The number of anilines is 1. The van der Waals surface area contributed by atoms with Gasteiger partial charge < -0.3 is 14.5 Å². The van der Waals surface area contributed by atoms with Crippen molar-refractivity contribution in [1.29, 1.82) is 5.41 Å². The number of hydrogen-bond donors (Lipinski definition) is 1. The molecule has 6 nitrogen and oxygen atoms in total. The summed E-state index contributed by atoms with van der Waals surface area (Å²) in [6.07, 6.45) is 2.38. The molecule has 164 valence electrons. The number of carbonyl (C=O) groups is 1. The fourth-order valence-corrected chi connectivity index (χ4v) is 4.35. The standard InChI is InChI=1S/C24H28N4O2.BrH/c1-14(2)18-10-17(11-20-23(18)30-9-8-27(20)3)21(29)13-28-12-16-6-7-19(15-4-5-15)26-22(16)24(28)25;/h6-7,10-11,14-15,25H,4-5,8-9,12-13H2,1-3H3;1H. The predicted octanol–water partition coefficient (Wildman–Crippen LogP) is 4.51. The number of ether oxygens (including phenoxy) is 1. The normalized spacial score (nSPS) is 17.2. The van der Waals surface area contributed by atoms with Crippen LogP contribution in [0.2, 0.25) is 0 Å². The lowest BCUT2D eigenvalue weighted by molar-refractivity contribution is 0.0962. The van der Waals surface area contributed by atoms with Crippen LogP contribution >= 0.6 is 17.0 Å². The first-order valence-electron chi connectivity index (χ1n) is 10.8. The van der Waals surface area contributed by atoms with Crippen LogP contribution in [-0.2, 0) is 6.54 Å². The summed E-state index contributed by atoms with van der Waals surface area (Å²) in [5.41, 5.74) is 5.60. The van der Waals surface area contributed by atoms with E-state index in [0.717, 1.165) is 40.5 Å². The SMILES string of the molecule is Br.CC(C)c1cc(C(=O)CN2Cc3ccc(C4CC4)nc3C2=N)cc2c1OCCN2C. The third kappa shape index (κ3) is 3.95. The highest BCUT2D eigenvalue weighted by Gasteiger charge is 2.32. The molecule has 3 heterocycles. The molecule has 1 aromatic carbocycles. The first-order chi connectivity index (χ1) is 14.4. The molecule has 1 N–H and O–H groups in total. The average molecular weight is 485 g/mol. The molecule has 31 heavy (non-hydrogen) atoms. The summed E-state index contributed by atoms with van der Waals surface area (Å²) in [4.78, 5) is 22.0. The number of amidine groups is 1. The van der Waals surface area contributed by atoms with Crippen molar-refractivity contribution in [2.24, 2.45) is 0 Å². The van der Waals surface area contributed by atoms with Crippen molar-refractivity contribution >= 4 is 34.3 Å². The molecule has 0 spiro atoms. The Labute approximate surface area is 193 Å². The van der Waals surface area contributed by atoms with Crippen molar-refractivity contribution < 1.29 is 9.53 Å². The van der Waals surface area contributed by atoms with Gasteiger partial charge >= 0.3 is 0 Å². The number of aromatic nitrogens is 1. The van der Waals surface area contributed by atoms with Gasteiger partial charge in [0.25, 0.3) is 0 Å². The number of carbonyl (C=O) groups excluding carboxylic acids is 1. The van der Waals surface area contributed by atoms with Crippen molar-refractivity contribution in [2.45, 2.75) is 45.1 Å². The molecule has 1 aliphatic carbocycles. The van der Waals surface area contributed by atoms with E-state index in [-0.39, 0.29) is 35.2 Å². The van der Waals surface area contributed by atoms with Crippen molar-refractivity contribution in [1.82, 2.24) is 9.88 Å². The van der Waals surface area contributed by atoms with E-state index in [9.17, 15) is 4.79 Å². The average Bonchev–Trinajstić information content (AvgIpc) is 3.53. The van der Waals surface area contributed by atoms with E-state index in [1.165, 1.54) is 12.8 Å². The number of fused-ring (bicyclic) bond motifs is 2. The van der Waals surface area contributed by atoms with E-state index in [0.29, 0.717) is 30.5 Å². The first-order valence-corrected chi connectivity index (χ1v) is 10.8. The number of likely N-dealkylation sites (N-methyl/N-ethyl adjacent to an activating group) is 1. The van der Waals surface area contributed by atoms with Crippen LogP contribution < -0.4 is 9.64 Å². The van der Waals surface area contributed by atoms with Crippen LogP contribution in [0.5, 0.6) is 5.75 Å². The van der Waals surface area contributed by atoms with Crippen LogP contribution in [0.25, 0.3) is 0 Å². The van der Waals surface area contributed by atoms with Crippen molar-refractivity contribution in [3.05, 3.63) is 52.3 Å². The highest BCUT2D eigenvalue weighted by Crippen LogP contribution is 2.41. The lowest BCUT2D eigenvalue weighted by Gasteiger charge is -2.31. The van der Waals surface area contributed by atoms with Gasteiger partial charge in [0.15, 0.2) is 5.78 Å². The van der Waals surface area contributed by atoms with Crippen LogP contribution in [0.15, 0.2) is 24.3 Å². The highest BCUT2D eigenvalue weighted by atomic mass is 79.9. The molecule has 3 aliphatic rings. The number of hydrogen-bond acceptors (Lipinski definition) is 5. The molecule has 5 rings (SSSR count). The van der Waals surface area contributed by atoms with Gasteiger partial charge in [-0.15, -0.1) is 17.0 Å². The molecule has 0 atom stereocenters. The fourth-order valence-electron chi connectivity index (χ4n) is 4.35. The molecule has 1 aromatic heterocycles. The van der Waals surface area contributed by atoms with E-state index in [1.807, 2.05) is 24.1 Å². The first kappa shape index (κ1) is 21.8. The van der Waals surface area contributed by atoms with Crippen molar-refractivity contribution in [3.8, 4) is 5.75 Å². The summed E-state index contributed by atoms with van der Waals surface area (Å²) >= 11 is 0. The number of benzene rings is 1. The number of nitrogens with one attached hydrogen (secondary N) is 1. The molecule has 0 bridgehead atoms. The molecule has 0 unspecified atom stereocenters. The van der Waals surface area contributed by atoms with E-state index < -0.39 is 0 Å². The van der Waals surface area contributed by atoms with Crippen LogP contribution in [0.3, 0.4) is 0 Å². The predicted molar refractivity (Wildman–Crippen MR) is 127 cm³/mol. The Hall–Kier alpha value is -2.41. The summed E-state index contributed by atoms with van der Waals surface area (Å²) in [5, 5.41) is 8.58. The monoisotopic (exact) mass is 484 g/mol. The zero-order valence-corrected chi connectivity index (χ0v) is 20.0. The summed E-state index contributed by atoms with van der Waals surface area (Å²) in [7, 11) is 2.04. The van der Waals surface area contributed by atoms with E-state index in [1.54, 1.807) is 0 Å². The number of pyridine rings is 1. The van der Waals surface area contributed by atoms with Crippen LogP contribution in [0.4, 0.5) is 5.69 Å². The number of Topliss-reactive ketones (excluding diaryl/α,β-unsaturated/α-hetero) is 1. The summed E-state index contributed by atoms with van der Waals surface area (Å²) in [5.74, 6) is 2.11. The number of rotatable bonds is 5. The molecule has 2 aliphatic heterocycles. The van der Waals surface area contributed by atoms with Gasteiger partial charge in [-0.05, 0) is 42.5 Å². The topological polar surface area (TPSA) is 69.5 Å². The highest BCUT2D eigenvalue weighted by molar-refractivity contribution is 8.93. The Bertz CT molecular complexity index is 1030.